The van der Waals surface area contributed by atoms with Gasteiger partial charge in [-0.15, -0.1) is 22.6 Å². The van der Waals surface area contributed by atoms with E-state index in [0.717, 1.165) is 0 Å². The summed E-state index contributed by atoms with van der Waals surface area (Å²) in [6.45, 7) is 0.000924. The van der Waals surface area contributed by atoms with Crippen LogP contribution in [-0.2, 0) is 11.0 Å². The summed E-state index contributed by atoms with van der Waals surface area (Å²) in [5.74, 6) is -0.470. The SMILES string of the molecule is CNCC(=O)Nc1nnc(C(F)(F)F)s1.Cl. The number of carbonyl (C=O) groups is 1. The van der Waals surface area contributed by atoms with Crippen molar-refractivity contribution in [2.24, 2.45) is 0 Å². The number of alkyl halides is 3. The molecule has 0 saturated heterocycles. The Morgan fingerprint density at radius 3 is 2.50 bits per heavy atom. The van der Waals surface area contributed by atoms with E-state index in [-0.39, 0.29) is 35.4 Å². The number of halogens is 4. The Labute approximate surface area is 98.9 Å². The predicted molar refractivity (Wildman–Crippen MR) is 54.7 cm³/mol. The molecule has 0 bridgehead atoms. The first-order valence-electron chi connectivity index (χ1n) is 3.78. The number of rotatable bonds is 3. The number of carbonyl (C=O) groups excluding carboxylic acids is 1. The van der Waals surface area contributed by atoms with E-state index >= 15 is 0 Å². The van der Waals surface area contributed by atoms with Gasteiger partial charge >= 0.3 is 6.18 Å². The van der Waals surface area contributed by atoms with Gasteiger partial charge in [-0.3, -0.25) is 10.1 Å². The summed E-state index contributed by atoms with van der Waals surface area (Å²) in [6.07, 6.45) is -4.52. The van der Waals surface area contributed by atoms with Crippen LogP contribution in [0.5, 0.6) is 0 Å². The van der Waals surface area contributed by atoms with Crippen molar-refractivity contribution in [1.82, 2.24) is 15.5 Å². The van der Waals surface area contributed by atoms with Crippen LogP contribution in [0.25, 0.3) is 0 Å². The van der Waals surface area contributed by atoms with Gasteiger partial charge in [-0.2, -0.15) is 13.2 Å². The summed E-state index contributed by atoms with van der Waals surface area (Å²) in [5, 5.41) is 9.58. The van der Waals surface area contributed by atoms with E-state index in [1.165, 1.54) is 0 Å². The highest BCUT2D eigenvalue weighted by Crippen LogP contribution is 2.32. The molecule has 2 N–H and O–H groups in total. The van der Waals surface area contributed by atoms with E-state index in [1.807, 2.05) is 0 Å². The van der Waals surface area contributed by atoms with Crippen molar-refractivity contribution in [3.8, 4) is 0 Å². The lowest BCUT2D eigenvalue weighted by molar-refractivity contribution is -0.138. The van der Waals surface area contributed by atoms with E-state index in [0.29, 0.717) is 0 Å². The lowest BCUT2D eigenvalue weighted by Crippen LogP contribution is -2.24. The van der Waals surface area contributed by atoms with Gasteiger partial charge in [0.15, 0.2) is 0 Å². The molecule has 0 fully saturated rings. The molecule has 10 heteroatoms. The fraction of sp³-hybridized carbons (Fsp3) is 0.500. The number of aromatic nitrogens is 2. The molecule has 0 unspecified atom stereocenters. The summed E-state index contributed by atoms with van der Waals surface area (Å²) < 4.78 is 36.2. The smallest absolute Gasteiger partial charge is 0.311 e. The fourth-order valence-electron chi connectivity index (χ4n) is 0.712. The van der Waals surface area contributed by atoms with E-state index in [9.17, 15) is 18.0 Å². The van der Waals surface area contributed by atoms with E-state index < -0.39 is 17.1 Å². The third kappa shape index (κ3) is 4.29. The zero-order valence-corrected chi connectivity index (χ0v) is 9.59. The second-order valence-corrected chi connectivity index (χ2v) is 3.47. The van der Waals surface area contributed by atoms with E-state index in [2.05, 4.69) is 20.8 Å². The molecule has 1 aromatic heterocycles. The van der Waals surface area contributed by atoms with Crippen molar-refractivity contribution < 1.29 is 18.0 Å². The van der Waals surface area contributed by atoms with E-state index in [4.69, 9.17) is 0 Å². The lowest BCUT2D eigenvalue weighted by atomic mass is 10.6. The van der Waals surface area contributed by atoms with Gasteiger partial charge in [0.1, 0.15) is 0 Å². The minimum Gasteiger partial charge on any atom is -0.311 e. The third-order valence-electron chi connectivity index (χ3n) is 1.25. The Morgan fingerprint density at radius 2 is 2.06 bits per heavy atom. The van der Waals surface area contributed by atoms with Crippen LogP contribution in [0.4, 0.5) is 18.3 Å². The van der Waals surface area contributed by atoms with Gasteiger partial charge in [0, 0.05) is 0 Å². The average Bonchev–Trinajstić information content (AvgIpc) is 2.52. The monoisotopic (exact) mass is 276 g/mol. The first-order valence-corrected chi connectivity index (χ1v) is 4.60. The molecule has 1 aromatic rings. The molecular weight excluding hydrogens is 269 g/mol. The number of amides is 1. The second kappa shape index (κ2) is 5.97. The molecule has 92 valence electrons. The number of hydrogen-bond donors (Lipinski definition) is 2. The Hall–Kier alpha value is -0.930. The maximum Gasteiger partial charge on any atom is 0.445 e. The van der Waals surface area contributed by atoms with Crippen LogP contribution in [-0.4, -0.2) is 29.7 Å². The summed E-state index contributed by atoms with van der Waals surface area (Å²) in [5.41, 5.74) is 0. The quantitative estimate of drug-likeness (QED) is 0.869. The highest BCUT2D eigenvalue weighted by Gasteiger charge is 2.35. The standard InChI is InChI=1S/C6H7F3N4OS.ClH/c1-10-2-3(14)11-5-13-12-4(15-5)6(7,8)9;/h10H,2H2,1H3,(H,11,13,14);1H. The first kappa shape index (κ1) is 15.1. The highest BCUT2D eigenvalue weighted by atomic mass is 35.5. The summed E-state index contributed by atoms with van der Waals surface area (Å²) in [4.78, 5) is 11.0. The van der Waals surface area contributed by atoms with Crippen molar-refractivity contribution in [2.45, 2.75) is 6.18 Å². The van der Waals surface area contributed by atoms with Crippen molar-refractivity contribution >= 4 is 34.8 Å². The van der Waals surface area contributed by atoms with Gasteiger partial charge in [0.2, 0.25) is 16.0 Å². The Bertz CT molecular complexity index is 356. The van der Waals surface area contributed by atoms with Gasteiger partial charge in [0.05, 0.1) is 6.54 Å². The van der Waals surface area contributed by atoms with Crippen molar-refractivity contribution in [2.75, 3.05) is 18.9 Å². The minimum absolute atomic E-state index is 0. The normalized spacial score (nSPS) is 10.8. The molecule has 0 spiro atoms. The second-order valence-electron chi connectivity index (χ2n) is 2.49. The molecule has 0 atom stereocenters. The Balaban J connectivity index is 0.00000225. The largest absolute Gasteiger partial charge is 0.445 e. The van der Waals surface area contributed by atoms with Crippen LogP contribution in [0, 0.1) is 0 Å². The summed E-state index contributed by atoms with van der Waals surface area (Å²) in [7, 11) is 1.54. The number of anilines is 1. The summed E-state index contributed by atoms with van der Waals surface area (Å²) in [6, 6.07) is 0. The minimum atomic E-state index is -4.52. The highest BCUT2D eigenvalue weighted by molar-refractivity contribution is 7.15. The van der Waals surface area contributed by atoms with Gasteiger partial charge in [-0.25, -0.2) is 0 Å². The Morgan fingerprint density at radius 1 is 1.44 bits per heavy atom. The van der Waals surface area contributed by atoms with Crippen LogP contribution >= 0.6 is 23.7 Å². The predicted octanol–water partition coefficient (Wildman–Crippen LogP) is 1.14. The van der Waals surface area contributed by atoms with Crippen LogP contribution < -0.4 is 10.6 Å². The lowest BCUT2D eigenvalue weighted by Gasteiger charge is -1.99. The molecule has 0 aliphatic carbocycles. The van der Waals surface area contributed by atoms with Crippen molar-refractivity contribution in [3.63, 3.8) is 0 Å². The van der Waals surface area contributed by atoms with Crippen LogP contribution in [0.3, 0.4) is 0 Å². The van der Waals surface area contributed by atoms with Crippen molar-refractivity contribution in [3.05, 3.63) is 5.01 Å². The van der Waals surface area contributed by atoms with E-state index in [1.54, 1.807) is 7.05 Å². The van der Waals surface area contributed by atoms with Gasteiger partial charge in [0.25, 0.3) is 0 Å². The third-order valence-corrected chi connectivity index (χ3v) is 2.13. The molecule has 1 heterocycles. The molecule has 0 radical (unpaired) electrons. The number of nitrogens with one attached hydrogen (secondary N) is 2. The molecule has 0 aliphatic heterocycles. The summed E-state index contributed by atoms with van der Waals surface area (Å²) >= 11 is 0.287. The van der Waals surface area contributed by atoms with Gasteiger partial charge in [-0.05, 0) is 7.05 Å². The Kier molecular flexibility index (Phi) is 5.62. The molecule has 0 aromatic carbocycles. The van der Waals surface area contributed by atoms with Crippen LogP contribution in [0.15, 0.2) is 0 Å². The number of nitrogens with zero attached hydrogens (tertiary/aromatic N) is 2. The zero-order chi connectivity index (χ0) is 11.5. The van der Waals surface area contributed by atoms with Crippen molar-refractivity contribution in [1.29, 1.82) is 0 Å². The van der Waals surface area contributed by atoms with Crippen LogP contribution in [0.2, 0.25) is 0 Å². The molecule has 0 saturated carbocycles. The molecular formula is C6H8ClF3N4OS. The molecule has 16 heavy (non-hydrogen) atoms. The molecule has 1 rings (SSSR count). The van der Waals surface area contributed by atoms with Crippen LogP contribution in [0.1, 0.15) is 5.01 Å². The molecule has 5 nitrogen and oxygen atoms in total. The van der Waals surface area contributed by atoms with Gasteiger partial charge < -0.3 is 5.32 Å². The maximum absolute atomic E-state index is 12.1. The van der Waals surface area contributed by atoms with Gasteiger partial charge in [-0.1, -0.05) is 11.3 Å². The molecule has 0 aliphatic rings. The average molecular weight is 277 g/mol. The topological polar surface area (TPSA) is 66.9 Å². The maximum atomic E-state index is 12.1. The zero-order valence-electron chi connectivity index (χ0n) is 7.96. The first-order chi connectivity index (χ1) is 6.93. The fourth-order valence-corrected chi connectivity index (χ4v) is 1.34. The molecule has 1 amide bonds. The number of likely N-dealkylation sites (N-methyl/N-ethyl adjacent to an activating group) is 1. The number of hydrogen-bond acceptors (Lipinski definition) is 5.